The van der Waals surface area contributed by atoms with Crippen molar-refractivity contribution in [1.82, 2.24) is 9.80 Å². The lowest BCUT2D eigenvalue weighted by molar-refractivity contribution is -0.162. The van der Waals surface area contributed by atoms with Crippen LogP contribution < -0.4 is 9.47 Å². The first kappa shape index (κ1) is 30.5. The third kappa shape index (κ3) is 4.69. The van der Waals surface area contributed by atoms with Crippen molar-refractivity contribution in [3.63, 3.8) is 0 Å². The van der Waals surface area contributed by atoms with E-state index < -0.39 is 24.1 Å². The van der Waals surface area contributed by atoms with Crippen LogP contribution in [-0.2, 0) is 33.3 Å². The third-order valence-electron chi connectivity index (χ3n) is 13.4. The van der Waals surface area contributed by atoms with Gasteiger partial charge in [-0.05, 0) is 137 Å². The molecule has 46 heavy (non-hydrogen) atoms. The molecule has 6 aliphatic rings. The number of hydrogen-bond acceptors (Lipinski definition) is 8. The molecule has 0 radical (unpaired) electrons. The van der Waals surface area contributed by atoms with Crippen molar-refractivity contribution in [2.75, 3.05) is 27.2 Å². The molecule has 2 heterocycles. The van der Waals surface area contributed by atoms with Gasteiger partial charge in [-0.25, -0.2) is 9.59 Å². The zero-order chi connectivity index (χ0) is 31.8. The smallest absolute Gasteiger partial charge is 0.343 e. The van der Waals surface area contributed by atoms with Crippen molar-refractivity contribution in [3.05, 3.63) is 58.7 Å². The van der Waals surface area contributed by atoms with E-state index in [1.54, 1.807) is 12.1 Å². The first-order chi connectivity index (χ1) is 22.2. The molecule has 2 aliphatic heterocycles. The summed E-state index contributed by atoms with van der Waals surface area (Å²) in [5.41, 5.74) is 5.33. The van der Waals surface area contributed by atoms with Crippen LogP contribution in [0.3, 0.4) is 0 Å². The lowest BCUT2D eigenvalue weighted by Crippen LogP contribution is -2.59. The molecule has 0 spiro atoms. The minimum atomic E-state index is -2.06. The molecule has 0 amide bonds. The van der Waals surface area contributed by atoms with Gasteiger partial charge in [-0.2, -0.15) is 0 Å². The SMILES string of the molecule is CN1CC[C@]23CCCC[C@H]2[C@H]1Cc1ccc(OC(=O)C(O)C(O)C(=O)Oc2ccc4c(c2)[C@@]25CCCC[C@H]2[C@@H](C4)N(C)CC5)cc13. The molecule has 8 rings (SSSR count). The van der Waals surface area contributed by atoms with E-state index in [0.29, 0.717) is 35.4 Å². The molecule has 8 heteroatoms. The van der Waals surface area contributed by atoms with Crippen LogP contribution in [0.5, 0.6) is 11.5 Å². The highest BCUT2D eigenvalue weighted by molar-refractivity contribution is 5.87. The second-order valence-electron chi connectivity index (χ2n) is 15.4. The molecular weight excluding hydrogens is 580 g/mol. The number of fused-ring (bicyclic) bond motifs is 2. The fraction of sp³-hybridized carbons (Fsp3) is 0.632. The molecule has 246 valence electrons. The maximum atomic E-state index is 13.1. The Kier molecular flexibility index (Phi) is 7.59. The Balaban J connectivity index is 0.969. The average Bonchev–Trinajstić information content (AvgIpc) is 3.07. The molecule has 4 bridgehead atoms. The van der Waals surface area contributed by atoms with Gasteiger partial charge in [0.1, 0.15) is 11.5 Å². The normalized spacial score (nSPS) is 34.6. The highest BCUT2D eigenvalue weighted by Gasteiger charge is 2.54. The van der Waals surface area contributed by atoms with E-state index in [-0.39, 0.29) is 10.8 Å². The van der Waals surface area contributed by atoms with Crippen LogP contribution in [0.15, 0.2) is 36.4 Å². The summed E-state index contributed by atoms with van der Waals surface area (Å²) in [6.45, 7) is 2.11. The van der Waals surface area contributed by atoms with Crippen molar-refractivity contribution >= 4 is 11.9 Å². The predicted molar refractivity (Wildman–Crippen MR) is 173 cm³/mol. The summed E-state index contributed by atoms with van der Waals surface area (Å²) in [5.74, 6) is -0.266. The minimum Gasteiger partial charge on any atom is -0.425 e. The Bertz CT molecular complexity index is 1430. The predicted octanol–water partition coefficient (Wildman–Crippen LogP) is 4.30. The lowest BCUT2D eigenvalue weighted by Gasteiger charge is -2.58. The summed E-state index contributed by atoms with van der Waals surface area (Å²) in [6.07, 6.45) is 9.65. The van der Waals surface area contributed by atoms with E-state index in [4.69, 9.17) is 9.47 Å². The van der Waals surface area contributed by atoms with Crippen molar-refractivity contribution in [3.8, 4) is 11.5 Å². The number of ether oxygens (including phenoxy) is 2. The largest absolute Gasteiger partial charge is 0.425 e. The fourth-order valence-electron chi connectivity index (χ4n) is 11.1. The van der Waals surface area contributed by atoms with E-state index in [0.717, 1.165) is 51.6 Å². The number of likely N-dealkylation sites (N-methyl/N-ethyl adjacent to an activating group) is 2. The second-order valence-corrected chi connectivity index (χ2v) is 15.4. The summed E-state index contributed by atoms with van der Waals surface area (Å²) < 4.78 is 11.2. The van der Waals surface area contributed by atoms with Gasteiger partial charge in [0.15, 0.2) is 12.2 Å². The van der Waals surface area contributed by atoms with E-state index in [1.165, 1.54) is 60.8 Å². The number of piperidine rings is 2. The van der Waals surface area contributed by atoms with Gasteiger partial charge in [-0.3, -0.25) is 0 Å². The van der Waals surface area contributed by atoms with Crippen molar-refractivity contribution in [1.29, 1.82) is 0 Å². The van der Waals surface area contributed by atoms with Crippen LogP contribution in [0.1, 0.15) is 86.5 Å². The van der Waals surface area contributed by atoms with Crippen molar-refractivity contribution in [2.24, 2.45) is 11.8 Å². The maximum absolute atomic E-state index is 13.1. The standard InChI is InChI=1S/C38H48N2O6/c1-39-17-15-37-13-5-3-7-27(37)31(39)19-23-9-11-25(21-29(23)37)45-35(43)33(41)34(42)36(44)46-26-12-10-24-20-32-28-8-4-6-14-38(28,30(24)22-26)16-18-40(32)2/h9-12,21-22,27-28,31-34,41-42H,3-8,13-20H2,1-2H3/t27-,28-,31+,32+,33?,34?,37+,38+/m0/s1. The van der Waals surface area contributed by atoms with Gasteiger partial charge in [-0.15, -0.1) is 0 Å². The maximum Gasteiger partial charge on any atom is 0.343 e. The Labute approximate surface area is 272 Å². The Morgan fingerprint density at radius 2 is 1.13 bits per heavy atom. The summed E-state index contributed by atoms with van der Waals surface area (Å²) >= 11 is 0. The van der Waals surface area contributed by atoms with Gasteiger partial charge < -0.3 is 29.5 Å². The first-order valence-corrected chi connectivity index (χ1v) is 17.7. The minimum absolute atomic E-state index is 0.0912. The van der Waals surface area contributed by atoms with E-state index in [1.807, 2.05) is 24.3 Å². The van der Waals surface area contributed by atoms with Crippen LogP contribution in [-0.4, -0.2) is 83.4 Å². The molecule has 8 nitrogen and oxygen atoms in total. The number of hydrogen-bond donors (Lipinski definition) is 2. The van der Waals surface area contributed by atoms with Gasteiger partial charge in [0.05, 0.1) is 0 Å². The van der Waals surface area contributed by atoms with Gasteiger partial charge >= 0.3 is 11.9 Å². The molecule has 2 aromatic carbocycles. The summed E-state index contributed by atoms with van der Waals surface area (Å²) in [7, 11) is 4.48. The summed E-state index contributed by atoms with van der Waals surface area (Å²) in [6, 6.07) is 12.7. The van der Waals surface area contributed by atoms with E-state index in [9.17, 15) is 19.8 Å². The number of aliphatic hydroxyl groups excluding tert-OH is 2. The second kappa shape index (κ2) is 11.4. The number of carbonyl (C=O) groups excluding carboxylic acids is 2. The van der Waals surface area contributed by atoms with Crippen LogP contribution in [0, 0.1) is 11.8 Å². The van der Waals surface area contributed by atoms with Gasteiger partial charge in [0.2, 0.25) is 0 Å². The lowest BCUT2D eigenvalue weighted by atomic mass is 9.52. The van der Waals surface area contributed by atoms with Crippen molar-refractivity contribution in [2.45, 2.75) is 112 Å². The molecule has 2 aromatic rings. The van der Waals surface area contributed by atoms with E-state index >= 15 is 0 Å². The van der Waals surface area contributed by atoms with Crippen LogP contribution >= 0.6 is 0 Å². The van der Waals surface area contributed by atoms with E-state index in [2.05, 4.69) is 23.9 Å². The van der Waals surface area contributed by atoms with Crippen LogP contribution in [0.4, 0.5) is 0 Å². The first-order valence-electron chi connectivity index (χ1n) is 17.7. The topological polar surface area (TPSA) is 99.5 Å². The molecule has 0 aromatic heterocycles. The zero-order valence-electron chi connectivity index (χ0n) is 27.2. The molecule has 2 N–H and O–H groups in total. The Hall–Kier alpha value is -2.78. The molecule has 8 atom stereocenters. The number of esters is 2. The summed E-state index contributed by atoms with van der Waals surface area (Å²) in [4.78, 5) is 31.2. The van der Waals surface area contributed by atoms with Crippen LogP contribution in [0.2, 0.25) is 0 Å². The number of nitrogens with zero attached hydrogens (tertiary/aromatic N) is 2. The van der Waals surface area contributed by atoms with Gasteiger partial charge in [0.25, 0.3) is 0 Å². The van der Waals surface area contributed by atoms with Crippen LogP contribution in [0.25, 0.3) is 0 Å². The Morgan fingerprint density at radius 3 is 1.57 bits per heavy atom. The molecule has 2 unspecified atom stereocenters. The summed E-state index contributed by atoms with van der Waals surface area (Å²) in [5, 5.41) is 21.5. The third-order valence-corrected chi connectivity index (χ3v) is 13.4. The number of rotatable bonds is 5. The molecule has 4 fully saturated rings. The average molecular weight is 629 g/mol. The highest BCUT2D eigenvalue weighted by Crippen LogP contribution is 2.57. The number of carbonyl (C=O) groups is 2. The highest BCUT2D eigenvalue weighted by atomic mass is 16.6. The monoisotopic (exact) mass is 628 g/mol. The van der Waals surface area contributed by atoms with Crippen molar-refractivity contribution < 1.29 is 29.3 Å². The quantitative estimate of drug-likeness (QED) is 0.374. The number of likely N-dealkylation sites (tertiary alicyclic amines) is 2. The fourth-order valence-corrected chi connectivity index (χ4v) is 11.1. The van der Waals surface area contributed by atoms with Gasteiger partial charge in [-0.1, -0.05) is 37.8 Å². The molecular formula is C38H48N2O6. The Morgan fingerprint density at radius 1 is 0.696 bits per heavy atom. The van der Waals surface area contributed by atoms with Gasteiger partial charge in [0, 0.05) is 22.9 Å². The molecule has 4 aliphatic carbocycles. The molecule has 2 saturated heterocycles. The number of aliphatic hydroxyl groups is 2. The zero-order valence-corrected chi connectivity index (χ0v) is 27.2. The number of benzene rings is 2. The molecule has 2 saturated carbocycles.